The van der Waals surface area contributed by atoms with Crippen LogP contribution < -0.4 is 0 Å². The molecule has 1 aromatic rings. The van der Waals surface area contributed by atoms with Crippen LogP contribution in [0.25, 0.3) is 0 Å². The van der Waals surface area contributed by atoms with Gasteiger partial charge in [-0.05, 0) is 6.92 Å². The Morgan fingerprint density at radius 2 is 1.81 bits per heavy atom. The van der Waals surface area contributed by atoms with Gasteiger partial charge >= 0.3 is 0 Å². The number of carbonyl (C=O) groups is 2. The van der Waals surface area contributed by atoms with E-state index in [1.165, 1.54) is 14.0 Å². The summed E-state index contributed by atoms with van der Waals surface area (Å²) in [5, 5.41) is 8.44. The molecule has 0 bridgehead atoms. The first-order valence-corrected chi connectivity index (χ1v) is 4.79. The number of hydrogen-bond acceptors (Lipinski definition) is 4. The molecule has 0 spiro atoms. The highest BCUT2D eigenvalue weighted by Gasteiger charge is 1.99. The van der Waals surface area contributed by atoms with Crippen LogP contribution in [0.5, 0.6) is 0 Å². The highest BCUT2D eigenvalue weighted by Crippen LogP contribution is 1.97. The van der Waals surface area contributed by atoms with Gasteiger partial charge in [0.25, 0.3) is 0 Å². The lowest BCUT2D eigenvalue weighted by atomic mass is 10.1. The van der Waals surface area contributed by atoms with Gasteiger partial charge in [-0.1, -0.05) is 30.3 Å². The topological polar surface area (TPSA) is 63.6 Å². The number of methoxy groups -OCH3 is 1. The fourth-order valence-corrected chi connectivity index (χ4v) is 0.919. The molecule has 0 radical (unpaired) electrons. The lowest BCUT2D eigenvalue weighted by Crippen LogP contribution is -2.02. The lowest BCUT2D eigenvalue weighted by Gasteiger charge is -1.93. The maximum atomic E-state index is 10.8. The molecule has 0 fully saturated rings. The number of aliphatic hydroxyl groups is 1. The zero-order valence-corrected chi connectivity index (χ0v) is 9.47. The van der Waals surface area contributed by atoms with Crippen molar-refractivity contribution in [3.05, 3.63) is 35.9 Å². The van der Waals surface area contributed by atoms with Crippen molar-refractivity contribution < 1.29 is 19.4 Å². The standard InChI is InChI=1S/C8H8O2.C4H8O2/c9-6-8(10)7-4-2-1-3-5-7;1-4(5)3-6-2/h1-5,9H,6H2;3H2,1-2H3. The second kappa shape index (κ2) is 8.76. The summed E-state index contributed by atoms with van der Waals surface area (Å²) in [6.45, 7) is 1.31. The summed E-state index contributed by atoms with van der Waals surface area (Å²) in [6, 6.07) is 8.72. The van der Waals surface area contributed by atoms with Gasteiger partial charge in [-0.15, -0.1) is 0 Å². The van der Waals surface area contributed by atoms with Crippen molar-refractivity contribution >= 4 is 11.6 Å². The van der Waals surface area contributed by atoms with Gasteiger partial charge in [0.05, 0.1) is 0 Å². The Kier molecular flexibility index (Phi) is 7.93. The van der Waals surface area contributed by atoms with Crippen LogP contribution in [0, 0.1) is 0 Å². The van der Waals surface area contributed by atoms with E-state index in [2.05, 4.69) is 4.74 Å². The second-order valence-corrected chi connectivity index (χ2v) is 3.08. The minimum atomic E-state index is -0.413. The summed E-state index contributed by atoms with van der Waals surface area (Å²) in [5.41, 5.74) is 0.560. The SMILES string of the molecule is COCC(C)=O.O=C(CO)c1ccccc1. The quantitative estimate of drug-likeness (QED) is 0.777. The Morgan fingerprint density at radius 3 is 2.12 bits per heavy atom. The summed E-state index contributed by atoms with van der Waals surface area (Å²) >= 11 is 0. The molecule has 0 amide bonds. The summed E-state index contributed by atoms with van der Waals surface area (Å²) < 4.78 is 4.45. The molecule has 0 aliphatic heterocycles. The van der Waals surface area contributed by atoms with Gasteiger partial charge < -0.3 is 9.84 Å². The number of Topliss-reactive ketones (excluding diaryl/α,β-unsaturated/α-hetero) is 2. The van der Waals surface area contributed by atoms with Crippen molar-refractivity contribution in [2.24, 2.45) is 0 Å². The van der Waals surface area contributed by atoms with E-state index in [1.54, 1.807) is 24.3 Å². The van der Waals surface area contributed by atoms with E-state index in [4.69, 9.17) is 5.11 Å². The maximum Gasteiger partial charge on any atom is 0.188 e. The van der Waals surface area contributed by atoms with Crippen molar-refractivity contribution in [3.63, 3.8) is 0 Å². The first kappa shape index (κ1) is 14.5. The number of ketones is 2. The van der Waals surface area contributed by atoms with Gasteiger partial charge in [0.15, 0.2) is 11.6 Å². The Balaban J connectivity index is 0.000000325. The van der Waals surface area contributed by atoms with Crippen molar-refractivity contribution in [2.45, 2.75) is 6.92 Å². The number of rotatable bonds is 4. The fourth-order valence-electron chi connectivity index (χ4n) is 0.919. The Bertz CT molecular complexity index is 319. The molecule has 16 heavy (non-hydrogen) atoms. The van der Waals surface area contributed by atoms with Crippen LogP contribution in [-0.2, 0) is 9.53 Å². The van der Waals surface area contributed by atoms with E-state index >= 15 is 0 Å². The molecular weight excluding hydrogens is 208 g/mol. The Hall–Kier alpha value is -1.52. The minimum absolute atomic E-state index is 0.0671. The Morgan fingerprint density at radius 1 is 1.25 bits per heavy atom. The minimum Gasteiger partial charge on any atom is -0.388 e. The Labute approximate surface area is 94.9 Å². The first-order chi connectivity index (χ1) is 7.61. The van der Waals surface area contributed by atoms with E-state index in [-0.39, 0.29) is 18.2 Å². The van der Waals surface area contributed by atoms with Gasteiger partial charge in [0, 0.05) is 12.7 Å². The molecule has 0 saturated carbocycles. The summed E-state index contributed by atoms with van der Waals surface area (Å²) in [4.78, 5) is 20.7. The third-order valence-electron chi connectivity index (χ3n) is 1.59. The largest absolute Gasteiger partial charge is 0.388 e. The molecule has 0 aliphatic rings. The van der Waals surface area contributed by atoms with Crippen LogP contribution in [0.3, 0.4) is 0 Å². The molecule has 0 unspecified atom stereocenters. The van der Waals surface area contributed by atoms with Crippen LogP contribution in [-0.4, -0.2) is 37.0 Å². The van der Waals surface area contributed by atoms with Crippen molar-refractivity contribution in [1.82, 2.24) is 0 Å². The lowest BCUT2D eigenvalue weighted by molar-refractivity contribution is -0.120. The van der Waals surface area contributed by atoms with Crippen LogP contribution in [0.4, 0.5) is 0 Å². The molecule has 0 aliphatic carbocycles. The monoisotopic (exact) mass is 224 g/mol. The van der Waals surface area contributed by atoms with Gasteiger partial charge in [-0.3, -0.25) is 9.59 Å². The predicted molar refractivity (Wildman–Crippen MR) is 60.4 cm³/mol. The van der Waals surface area contributed by atoms with Gasteiger partial charge in [0.2, 0.25) is 0 Å². The van der Waals surface area contributed by atoms with E-state index in [1.807, 2.05) is 6.07 Å². The zero-order chi connectivity index (χ0) is 12.4. The smallest absolute Gasteiger partial charge is 0.188 e. The summed E-state index contributed by atoms with van der Waals surface area (Å²) in [7, 11) is 1.50. The average molecular weight is 224 g/mol. The fraction of sp³-hybridized carbons (Fsp3) is 0.333. The third-order valence-corrected chi connectivity index (χ3v) is 1.59. The number of carbonyl (C=O) groups excluding carboxylic acids is 2. The highest BCUT2D eigenvalue weighted by molar-refractivity contribution is 5.96. The van der Waals surface area contributed by atoms with Crippen molar-refractivity contribution in [1.29, 1.82) is 0 Å². The molecule has 1 rings (SSSR count). The molecule has 88 valence electrons. The van der Waals surface area contributed by atoms with Crippen LogP contribution in [0.1, 0.15) is 17.3 Å². The number of aliphatic hydroxyl groups excluding tert-OH is 1. The molecule has 1 N–H and O–H groups in total. The van der Waals surface area contributed by atoms with Gasteiger partial charge in [0.1, 0.15) is 13.2 Å². The van der Waals surface area contributed by atoms with Gasteiger partial charge in [-0.25, -0.2) is 0 Å². The molecular formula is C12H16O4. The van der Waals surface area contributed by atoms with E-state index in [9.17, 15) is 9.59 Å². The molecule has 0 saturated heterocycles. The highest BCUT2D eigenvalue weighted by atomic mass is 16.5. The van der Waals surface area contributed by atoms with E-state index in [0.717, 1.165) is 0 Å². The molecule has 1 aromatic carbocycles. The number of benzene rings is 1. The van der Waals surface area contributed by atoms with Crippen LogP contribution in [0.2, 0.25) is 0 Å². The van der Waals surface area contributed by atoms with Crippen LogP contribution in [0.15, 0.2) is 30.3 Å². The molecule has 4 heteroatoms. The van der Waals surface area contributed by atoms with E-state index in [0.29, 0.717) is 5.56 Å². The number of hydrogen-bond donors (Lipinski definition) is 1. The molecule has 0 aromatic heterocycles. The average Bonchev–Trinajstić information content (AvgIpc) is 2.30. The number of ether oxygens (including phenoxy) is 1. The van der Waals surface area contributed by atoms with Crippen LogP contribution >= 0.6 is 0 Å². The first-order valence-electron chi connectivity index (χ1n) is 4.79. The molecule has 0 heterocycles. The second-order valence-electron chi connectivity index (χ2n) is 3.08. The van der Waals surface area contributed by atoms with E-state index < -0.39 is 6.61 Å². The van der Waals surface area contributed by atoms with Crippen molar-refractivity contribution in [2.75, 3.05) is 20.3 Å². The predicted octanol–water partition coefficient (Wildman–Crippen LogP) is 1.08. The maximum absolute atomic E-state index is 10.8. The third kappa shape index (κ3) is 6.86. The molecule has 0 atom stereocenters. The van der Waals surface area contributed by atoms with Crippen molar-refractivity contribution in [3.8, 4) is 0 Å². The summed E-state index contributed by atoms with van der Waals surface area (Å²) in [5.74, 6) is -0.168. The normalized spacial score (nSPS) is 8.94. The summed E-state index contributed by atoms with van der Waals surface area (Å²) in [6.07, 6.45) is 0. The molecule has 4 nitrogen and oxygen atoms in total. The van der Waals surface area contributed by atoms with Gasteiger partial charge in [-0.2, -0.15) is 0 Å². The zero-order valence-electron chi connectivity index (χ0n) is 9.47.